The number of carbonyl (C=O) groups is 2. The smallest absolute Gasteiger partial charge is 0.225 e. The van der Waals surface area contributed by atoms with Crippen molar-refractivity contribution in [3.8, 4) is 0 Å². The zero-order valence-corrected chi connectivity index (χ0v) is 12.6. The van der Waals surface area contributed by atoms with Gasteiger partial charge in [0.15, 0.2) is 0 Å². The maximum absolute atomic E-state index is 11.5. The molecule has 1 atom stereocenters. The monoisotopic (exact) mass is 272 g/mol. The number of amides is 2. The minimum Gasteiger partial charge on any atom is -0.393 e. The second-order valence-electron chi connectivity index (χ2n) is 5.95. The summed E-state index contributed by atoms with van der Waals surface area (Å²) in [6.07, 6.45) is 2.22. The van der Waals surface area contributed by atoms with Gasteiger partial charge in [-0.1, -0.05) is 20.8 Å². The second-order valence-corrected chi connectivity index (χ2v) is 5.95. The SMILES string of the molecule is CC(O)CCCNC(=O)CCCNC(=O)C(C)(C)C. The van der Waals surface area contributed by atoms with Crippen molar-refractivity contribution in [1.29, 1.82) is 0 Å². The third-order valence-corrected chi connectivity index (χ3v) is 2.67. The molecule has 0 aliphatic rings. The van der Waals surface area contributed by atoms with Crippen molar-refractivity contribution in [1.82, 2.24) is 10.6 Å². The molecule has 1 unspecified atom stereocenters. The lowest BCUT2D eigenvalue weighted by atomic mass is 9.96. The van der Waals surface area contributed by atoms with Gasteiger partial charge in [0.25, 0.3) is 0 Å². The van der Waals surface area contributed by atoms with Crippen LogP contribution < -0.4 is 10.6 Å². The lowest BCUT2D eigenvalue weighted by Gasteiger charge is -2.17. The first-order valence-electron chi connectivity index (χ1n) is 6.96. The molecule has 0 saturated heterocycles. The first-order valence-corrected chi connectivity index (χ1v) is 6.96. The summed E-state index contributed by atoms with van der Waals surface area (Å²) in [5.41, 5.74) is -0.386. The second kappa shape index (κ2) is 8.91. The average Bonchev–Trinajstić information content (AvgIpc) is 2.28. The Bertz CT molecular complexity index is 283. The summed E-state index contributed by atoms with van der Waals surface area (Å²) in [7, 11) is 0. The lowest BCUT2D eigenvalue weighted by molar-refractivity contribution is -0.128. The Hall–Kier alpha value is -1.10. The third kappa shape index (κ3) is 10.5. The highest BCUT2D eigenvalue weighted by Crippen LogP contribution is 2.12. The van der Waals surface area contributed by atoms with Crippen LogP contribution in [0.1, 0.15) is 53.4 Å². The largest absolute Gasteiger partial charge is 0.393 e. The molecule has 2 amide bonds. The fraction of sp³-hybridized carbons (Fsp3) is 0.857. The van der Waals surface area contributed by atoms with Crippen LogP contribution in [-0.4, -0.2) is 36.1 Å². The minimum absolute atomic E-state index is 0.00407. The Morgan fingerprint density at radius 1 is 1.11 bits per heavy atom. The van der Waals surface area contributed by atoms with Crippen LogP contribution in [-0.2, 0) is 9.59 Å². The quantitative estimate of drug-likeness (QED) is 0.581. The molecule has 5 heteroatoms. The van der Waals surface area contributed by atoms with Crippen LogP contribution in [0.4, 0.5) is 0 Å². The predicted molar refractivity (Wildman–Crippen MR) is 75.6 cm³/mol. The molecule has 0 aromatic carbocycles. The van der Waals surface area contributed by atoms with Gasteiger partial charge in [-0.3, -0.25) is 9.59 Å². The minimum atomic E-state index is -0.386. The van der Waals surface area contributed by atoms with Crippen LogP contribution >= 0.6 is 0 Å². The van der Waals surface area contributed by atoms with E-state index in [1.807, 2.05) is 20.8 Å². The normalized spacial score (nSPS) is 12.9. The van der Waals surface area contributed by atoms with Gasteiger partial charge < -0.3 is 15.7 Å². The van der Waals surface area contributed by atoms with Crippen molar-refractivity contribution in [2.75, 3.05) is 13.1 Å². The molecule has 3 N–H and O–H groups in total. The summed E-state index contributed by atoms with van der Waals surface area (Å²) in [5.74, 6) is 0.000409. The van der Waals surface area contributed by atoms with E-state index in [4.69, 9.17) is 5.11 Å². The van der Waals surface area contributed by atoms with Crippen molar-refractivity contribution in [2.45, 2.75) is 59.5 Å². The first kappa shape index (κ1) is 17.9. The zero-order valence-electron chi connectivity index (χ0n) is 12.6. The van der Waals surface area contributed by atoms with Crippen molar-refractivity contribution in [2.24, 2.45) is 5.41 Å². The molecule has 0 radical (unpaired) electrons. The van der Waals surface area contributed by atoms with Crippen molar-refractivity contribution in [3.63, 3.8) is 0 Å². The molecule has 0 spiro atoms. The number of hydrogen-bond acceptors (Lipinski definition) is 3. The zero-order chi connectivity index (χ0) is 14.9. The molecular formula is C14H28N2O3. The van der Waals surface area contributed by atoms with Crippen LogP contribution in [0.3, 0.4) is 0 Å². The van der Waals surface area contributed by atoms with Gasteiger partial charge in [0.1, 0.15) is 0 Å². The van der Waals surface area contributed by atoms with Crippen molar-refractivity contribution >= 4 is 11.8 Å². The highest BCUT2D eigenvalue weighted by atomic mass is 16.3. The summed E-state index contributed by atoms with van der Waals surface area (Å²) < 4.78 is 0. The van der Waals surface area contributed by atoms with E-state index in [-0.39, 0.29) is 23.3 Å². The standard InChI is InChI=1S/C14H28N2O3/c1-11(17)7-5-9-15-12(18)8-6-10-16-13(19)14(2,3)4/h11,17H,5-10H2,1-4H3,(H,15,18)(H,16,19). The fourth-order valence-corrected chi connectivity index (χ4v) is 1.43. The predicted octanol–water partition coefficient (Wildman–Crippen LogP) is 1.21. The molecule has 0 fully saturated rings. The summed E-state index contributed by atoms with van der Waals surface area (Å²) in [5, 5.41) is 14.7. The molecule has 19 heavy (non-hydrogen) atoms. The summed E-state index contributed by atoms with van der Waals surface area (Å²) in [4.78, 5) is 23.0. The summed E-state index contributed by atoms with van der Waals surface area (Å²) >= 11 is 0. The number of hydrogen-bond donors (Lipinski definition) is 3. The molecule has 0 aliphatic carbocycles. The Balaban J connectivity index is 3.51. The Morgan fingerprint density at radius 2 is 1.68 bits per heavy atom. The van der Waals surface area contributed by atoms with Gasteiger partial charge in [0, 0.05) is 24.9 Å². The average molecular weight is 272 g/mol. The molecule has 0 bridgehead atoms. The van der Waals surface area contributed by atoms with Crippen LogP contribution in [0, 0.1) is 5.41 Å². The van der Waals surface area contributed by atoms with E-state index in [1.54, 1.807) is 6.92 Å². The van der Waals surface area contributed by atoms with E-state index >= 15 is 0 Å². The highest BCUT2D eigenvalue weighted by Gasteiger charge is 2.20. The molecule has 0 rings (SSSR count). The van der Waals surface area contributed by atoms with Gasteiger partial charge in [-0.25, -0.2) is 0 Å². The summed E-state index contributed by atoms with van der Waals surface area (Å²) in [6.45, 7) is 8.43. The Kier molecular flexibility index (Phi) is 8.39. The van der Waals surface area contributed by atoms with E-state index in [0.29, 0.717) is 32.4 Å². The lowest BCUT2D eigenvalue weighted by Crippen LogP contribution is -2.35. The van der Waals surface area contributed by atoms with Crippen LogP contribution in [0.25, 0.3) is 0 Å². The molecule has 5 nitrogen and oxygen atoms in total. The van der Waals surface area contributed by atoms with Gasteiger partial charge in [-0.05, 0) is 26.2 Å². The first-order chi connectivity index (χ1) is 8.73. The molecule has 0 aliphatic heterocycles. The molecule has 0 aromatic rings. The van der Waals surface area contributed by atoms with E-state index < -0.39 is 0 Å². The van der Waals surface area contributed by atoms with Gasteiger partial charge in [-0.2, -0.15) is 0 Å². The molecule has 0 heterocycles. The Labute approximate surface area is 116 Å². The molecule has 0 saturated carbocycles. The van der Waals surface area contributed by atoms with Gasteiger partial charge in [-0.15, -0.1) is 0 Å². The van der Waals surface area contributed by atoms with Gasteiger partial charge in [0.2, 0.25) is 11.8 Å². The molecule has 0 aromatic heterocycles. The van der Waals surface area contributed by atoms with E-state index in [2.05, 4.69) is 10.6 Å². The van der Waals surface area contributed by atoms with E-state index in [1.165, 1.54) is 0 Å². The fourth-order valence-electron chi connectivity index (χ4n) is 1.43. The maximum Gasteiger partial charge on any atom is 0.225 e. The van der Waals surface area contributed by atoms with Crippen LogP contribution in [0.15, 0.2) is 0 Å². The molecule has 112 valence electrons. The molecular weight excluding hydrogens is 244 g/mol. The van der Waals surface area contributed by atoms with Gasteiger partial charge >= 0.3 is 0 Å². The highest BCUT2D eigenvalue weighted by molar-refractivity contribution is 5.81. The number of rotatable bonds is 8. The van der Waals surface area contributed by atoms with Crippen LogP contribution in [0.2, 0.25) is 0 Å². The number of aliphatic hydroxyl groups is 1. The summed E-state index contributed by atoms with van der Waals surface area (Å²) in [6, 6.07) is 0. The van der Waals surface area contributed by atoms with Crippen molar-refractivity contribution in [3.05, 3.63) is 0 Å². The number of carbonyl (C=O) groups excluding carboxylic acids is 2. The van der Waals surface area contributed by atoms with Gasteiger partial charge in [0.05, 0.1) is 6.10 Å². The van der Waals surface area contributed by atoms with Crippen LogP contribution in [0.5, 0.6) is 0 Å². The Morgan fingerprint density at radius 3 is 2.21 bits per heavy atom. The van der Waals surface area contributed by atoms with Crippen molar-refractivity contribution < 1.29 is 14.7 Å². The van der Waals surface area contributed by atoms with E-state index in [9.17, 15) is 9.59 Å². The number of aliphatic hydroxyl groups excluding tert-OH is 1. The maximum atomic E-state index is 11.5. The third-order valence-electron chi connectivity index (χ3n) is 2.67. The number of nitrogens with one attached hydrogen (secondary N) is 2. The topological polar surface area (TPSA) is 78.4 Å². The van der Waals surface area contributed by atoms with E-state index in [0.717, 1.165) is 6.42 Å².